The van der Waals surface area contributed by atoms with Crippen LogP contribution in [0.1, 0.15) is 17.5 Å². The predicted octanol–water partition coefficient (Wildman–Crippen LogP) is 0.110. The molecule has 1 saturated heterocycles. The Kier molecular flexibility index (Phi) is 6.12. The normalized spacial score (nSPS) is 18.2. The summed E-state index contributed by atoms with van der Waals surface area (Å²) in [7, 11) is -3.81. The first-order valence-electron chi connectivity index (χ1n) is 7.09. The number of aromatic amines is 1. The van der Waals surface area contributed by atoms with Crippen molar-refractivity contribution in [2.24, 2.45) is 0 Å². The van der Waals surface area contributed by atoms with Gasteiger partial charge in [0, 0.05) is 13.1 Å². The van der Waals surface area contributed by atoms with Crippen LogP contribution in [-0.4, -0.2) is 64.6 Å². The van der Waals surface area contributed by atoms with Gasteiger partial charge >= 0.3 is 0 Å². The van der Waals surface area contributed by atoms with E-state index in [9.17, 15) is 12.8 Å². The Balaban J connectivity index is 0.000000701. The number of benzene rings is 1. The van der Waals surface area contributed by atoms with E-state index in [0.717, 1.165) is 6.07 Å². The number of nitrogens with zero attached hydrogens (tertiary/aromatic N) is 4. The smallest absolute Gasteiger partial charge is 0.290 e. The van der Waals surface area contributed by atoms with Crippen LogP contribution >= 0.6 is 0 Å². The summed E-state index contributed by atoms with van der Waals surface area (Å²) in [6.07, 6.45) is -0.601. The predicted molar refractivity (Wildman–Crippen MR) is 81.5 cm³/mol. The van der Waals surface area contributed by atoms with Crippen LogP contribution in [0, 0.1) is 12.7 Å². The molecule has 1 unspecified atom stereocenters. The van der Waals surface area contributed by atoms with Gasteiger partial charge in [-0.25, -0.2) is 12.8 Å². The summed E-state index contributed by atoms with van der Waals surface area (Å²) < 4.78 is 45.6. The molecule has 10 nitrogen and oxygen atoms in total. The minimum atomic E-state index is -3.81. The zero-order valence-electron chi connectivity index (χ0n) is 13.2. The lowest BCUT2D eigenvalue weighted by molar-refractivity contribution is -0.122. The molecule has 1 aliphatic heterocycles. The van der Waals surface area contributed by atoms with Crippen molar-refractivity contribution in [3.63, 3.8) is 0 Å². The molecule has 12 heteroatoms. The molecule has 136 valence electrons. The summed E-state index contributed by atoms with van der Waals surface area (Å²) in [6, 6.07) is 3.71. The molecule has 2 N–H and O–H groups in total. The number of morpholine rings is 1. The summed E-state index contributed by atoms with van der Waals surface area (Å²) in [5, 5.41) is 20.2. The molecule has 2 heterocycles. The molecule has 25 heavy (non-hydrogen) atoms. The van der Waals surface area contributed by atoms with E-state index in [1.165, 1.54) is 16.4 Å². The monoisotopic (exact) mass is 373 g/mol. The average molecular weight is 373 g/mol. The fourth-order valence-electron chi connectivity index (χ4n) is 2.30. The molecule has 2 aromatic rings. The van der Waals surface area contributed by atoms with E-state index in [1.807, 2.05) is 0 Å². The quantitative estimate of drug-likeness (QED) is 0.723. The average Bonchev–Trinajstić information content (AvgIpc) is 3.12. The van der Waals surface area contributed by atoms with Crippen LogP contribution < -0.4 is 0 Å². The first-order chi connectivity index (χ1) is 11.9. The highest BCUT2D eigenvalue weighted by molar-refractivity contribution is 7.89. The van der Waals surface area contributed by atoms with Gasteiger partial charge in [0.1, 0.15) is 11.9 Å². The van der Waals surface area contributed by atoms with Gasteiger partial charge < -0.3 is 9.84 Å². The number of carbonyl (C=O) groups is 1. The number of halogens is 1. The number of hydrogen-bond acceptors (Lipinski definition) is 7. The number of tetrazole rings is 1. The number of rotatable bonds is 3. The zero-order valence-corrected chi connectivity index (χ0v) is 14.0. The molecule has 1 fully saturated rings. The summed E-state index contributed by atoms with van der Waals surface area (Å²) in [6.45, 7) is 1.82. The van der Waals surface area contributed by atoms with Crippen molar-refractivity contribution in [1.29, 1.82) is 0 Å². The zero-order chi connectivity index (χ0) is 18.4. The Morgan fingerprint density at radius 1 is 1.48 bits per heavy atom. The lowest BCUT2D eigenvalue weighted by Gasteiger charge is -2.30. The third-order valence-corrected chi connectivity index (χ3v) is 5.45. The number of carboxylic acid groups (broad SMARTS) is 1. The van der Waals surface area contributed by atoms with E-state index in [-0.39, 0.29) is 36.9 Å². The van der Waals surface area contributed by atoms with E-state index < -0.39 is 21.9 Å². The fourth-order valence-corrected chi connectivity index (χ4v) is 3.96. The van der Waals surface area contributed by atoms with Crippen molar-refractivity contribution in [3.05, 3.63) is 35.4 Å². The van der Waals surface area contributed by atoms with Gasteiger partial charge in [0.15, 0.2) is 0 Å². The van der Waals surface area contributed by atoms with E-state index in [0.29, 0.717) is 5.56 Å². The molecule has 1 aromatic heterocycles. The van der Waals surface area contributed by atoms with Crippen LogP contribution in [0.25, 0.3) is 0 Å². The highest BCUT2D eigenvalue weighted by atomic mass is 32.2. The maximum Gasteiger partial charge on any atom is 0.290 e. The van der Waals surface area contributed by atoms with Gasteiger partial charge in [-0.15, -0.1) is 10.2 Å². The van der Waals surface area contributed by atoms with E-state index in [4.69, 9.17) is 14.6 Å². The Morgan fingerprint density at radius 3 is 2.84 bits per heavy atom. The first kappa shape index (κ1) is 18.9. The Bertz CT molecular complexity index is 814. The van der Waals surface area contributed by atoms with Crippen molar-refractivity contribution >= 4 is 16.5 Å². The Hall–Kier alpha value is -2.44. The van der Waals surface area contributed by atoms with Gasteiger partial charge in [0.05, 0.1) is 11.5 Å². The summed E-state index contributed by atoms with van der Waals surface area (Å²) in [5.41, 5.74) is 0.490. The van der Waals surface area contributed by atoms with Gasteiger partial charge in [-0.1, -0.05) is 11.3 Å². The fraction of sp³-hybridized carbons (Fsp3) is 0.385. The molecular weight excluding hydrogens is 357 g/mol. The third-order valence-electron chi connectivity index (χ3n) is 3.45. The molecule has 1 aromatic carbocycles. The standard InChI is InChI=1S/C12H14FN5O3S.CH2O2/c1-8-2-3-9(13)6-11(8)22(19,20)18-4-5-21-10(7-18)12-14-16-17-15-12;2-1-3/h2-3,6,10H,4-5,7H2,1H3,(H,14,15,16,17);1H,(H,2,3). The van der Waals surface area contributed by atoms with Crippen molar-refractivity contribution in [3.8, 4) is 0 Å². The van der Waals surface area contributed by atoms with E-state index in [1.54, 1.807) is 6.92 Å². The number of aromatic nitrogens is 4. The Labute approximate surface area is 142 Å². The van der Waals surface area contributed by atoms with E-state index >= 15 is 0 Å². The molecule has 0 saturated carbocycles. The third kappa shape index (κ3) is 4.35. The largest absolute Gasteiger partial charge is 0.483 e. The molecule has 3 rings (SSSR count). The number of ether oxygens (including phenoxy) is 1. The SMILES string of the molecule is Cc1ccc(F)cc1S(=O)(=O)N1CCOC(c2nn[nH]n2)C1.O=CO. The first-order valence-corrected chi connectivity index (χ1v) is 8.53. The summed E-state index contributed by atoms with van der Waals surface area (Å²) in [5.74, 6) is -0.303. The molecular formula is C13H16FN5O5S. The van der Waals surface area contributed by atoms with Gasteiger partial charge in [0.2, 0.25) is 15.8 Å². The van der Waals surface area contributed by atoms with Crippen LogP contribution in [0.4, 0.5) is 4.39 Å². The van der Waals surface area contributed by atoms with Gasteiger partial charge in [-0.2, -0.15) is 9.52 Å². The van der Waals surface area contributed by atoms with Crippen LogP contribution in [0.5, 0.6) is 0 Å². The van der Waals surface area contributed by atoms with E-state index in [2.05, 4.69) is 20.6 Å². The second-order valence-corrected chi connectivity index (χ2v) is 6.91. The Morgan fingerprint density at radius 2 is 2.20 bits per heavy atom. The van der Waals surface area contributed by atoms with Crippen molar-refractivity contribution in [2.45, 2.75) is 17.9 Å². The molecule has 1 aliphatic rings. The molecule has 0 radical (unpaired) electrons. The number of hydrogen-bond donors (Lipinski definition) is 2. The minimum Gasteiger partial charge on any atom is -0.483 e. The lowest BCUT2D eigenvalue weighted by atomic mass is 10.2. The summed E-state index contributed by atoms with van der Waals surface area (Å²) in [4.78, 5) is 8.32. The van der Waals surface area contributed by atoms with Crippen molar-refractivity contribution in [1.82, 2.24) is 24.9 Å². The molecule has 0 aliphatic carbocycles. The molecule has 0 spiro atoms. The maximum atomic E-state index is 13.4. The van der Waals surface area contributed by atoms with Gasteiger partial charge in [0.25, 0.3) is 6.47 Å². The topological polar surface area (TPSA) is 138 Å². The highest BCUT2D eigenvalue weighted by Crippen LogP contribution is 2.26. The van der Waals surface area contributed by atoms with Gasteiger partial charge in [-0.3, -0.25) is 4.79 Å². The second-order valence-electron chi connectivity index (χ2n) is 5.01. The highest BCUT2D eigenvalue weighted by Gasteiger charge is 2.34. The van der Waals surface area contributed by atoms with Gasteiger partial charge in [-0.05, 0) is 24.6 Å². The van der Waals surface area contributed by atoms with Crippen LogP contribution in [-0.2, 0) is 19.6 Å². The number of aryl methyl sites for hydroxylation is 1. The molecule has 0 bridgehead atoms. The second kappa shape index (κ2) is 8.09. The summed E-state index contributed by atoms with van der Waals surface area (Å²) >= 11 is 0. The number of sulfonamides is 1. The van der Waals surface area contributed by atoms with Crippen molar-refractivity contribution < 1.29 is 27.4 Å². The maximum absolute atomic E-state index is 13.4. The number of H-pyrrole nitrogens is 1. The minimum absolute atomic E-state index is 0.0405. The van der Waals surface area contributed by atoms with Crippen LogP contribution in [0.15, 0.2) is 23.1 Å². The van der Waals surface area contributed by atoms with Crippen molar-refractivity contribution in [2.75, 3.05) is 19.7 Å². The van der Waals surface area contributed by atoms with Crippen LogP contribution in [0.3, 0.4) is 0 Å². The number of nitrogens with one attached hydrogen (secondary N) is 1. The molecule has 1 atom stereocenters. The lowest BCUT2D eigenvalue weighted by Crippen LogP contribution is -2.42. The molecule has 0 amide bonds. The van der Waals surface area contributed by atoms with Crippen LogP contribution in [0.2, 0.25) is 0 Å².